The molecule has 0 saturated carbocycles. The maximum Gasteiger partial charge on any atom is 0.131 e. The lowest BCUT2D eigenvalue weighted by atomic mass is 9.94. The lowest BCUT2D eigenvalue weighted by molar-refractivity contribution is 0.150. The maximum atomic E-state index is 5.98. The minimum Gasteiger partial charge on any atom is -0.457 e. The van der Waals surface area contributed by atoms with Crippen LogP contribution in [0, 0.1) is 0 Å². The van der Waals surface area contributed by atoms with Crippen LogP contribution in [0.1, 0.15) is 23.6 Å². The van der Waals surface area contributed by atoms with Crippen molar-refractivity contribution in [2.24, 2.45) is 0 Å². The molecular weight excluding hydrogens is 236 g/mol. The Kier molecular flexibility index (Phi) is 3.51. The summed E-state index contributed by atoms with van der Waals surface area (Å²) in [5.74, 6) is 1.98. The number of ether oxygens (including phenoxy) is 2. The van der Waals surface area contributed by atoms with Crippen molar-refractivity contribution in [2.75, 3.05) is 13.2 Å². The van der Waals surface area contributed by atoms with Gasteiger partial charge in [0.15, 0.2) is 0 Å². The predicted octanol–water partition coefficient (Wildman–Crippen LogP) is 3.96. The third-order valence-corrected chi connectivity index (χ3v) is 3.51. The van der Waals surface area contributed by atoms with Gasteiger partial charge >= 0.3 is 0 Å². The molecule has 0 unspecified atom stereocenters. The molecule has 0 atom stereocenters. The molecule has 1 aliphatic heterocycles. The summed E-state index contributed by atoms with van der Waals surface area (Å²) in [4.78, 5) is 0. The van der Waals surface area contributed by atoms with Gasteiger partial charge in [-0.1, -0.05) is 30.3 Å². The summed E-state index contributed by atoms with van der Waals surface area (Å²) in [5, 5.41) is 0. The molecule has 0 radical (unpaired) electrons. The van der Waals surface area contributed by atoms with Crippen LogP contribution >= 0.6 is 0 Å². The second-order valence-corrected chi connectivity index (χ2v) is 4.73. The molecule has 98 valence electrons. The van der Waals surface area contributed by atoms with Gasteiger partial charge < -0.3 is 9.47 Å². The monoisotopic (exact) mass is 254 g/mol. The summed E-state index contributed by atoms with van der Waals surface area (Å²) < 4.78 is 11.4. The number of benzene rings is 2. The van der Waals surface area contributed by atoms with E-state index in [-0.39, 0.29) is 0 Å². The molecule has 3 rings (SSSR count). The van der Waals surface area contributed by atoms with Gasteiger partial charge in [0, 0.05) is 18.6 Å². The number of hydrogen-bond donors (Lipinski definition) is 0. The van der Waals surface area contributed by atoms with Gasteiger partial charge in [0.05, 0.1) is 6.61 Å². The van der Waals surface area contributed by atoms with E-state index in [1.807, 2.05) is 19.1 Å². The Labute approximate surface area is 114 Å². The van der Waals surface area contributed by atoms with Gasteiger partial charge in [-0.25, -0.2) is 0 Å². The Morgan fingerprint density at radius 1 is 1.05 bits per heavy atom. The molecule has 19 heavy (non-hydrogen) atoms. The minimum absolute atomic E-state index is 0.772. The highest BCUT2D eigenvalue weighted by Crippen LogP contribution is 2.37. The molecule has 0 N–H and O–H groups in total. The van der Waals surface area contributed by atoms with Crippen LogP contribution in [-0.2, 0) is 17.6 Å². The van der Waals surface area contributed by atoms with Crippen LogP contribution in [0.3, 0.4) is 0 Å². The highest BCUT2D eigenvalue weighted by molar-refractivity contribution is 5.52. The van der Waals surface area contributed by atoms with E-state index in [2.05, 4.69) is 30.3 Å². The van der Waals surface area contributed by atoms with E-state index < -0.39 is 0 Å². The molecule has 0 saturated heterocycles. The summed E-state index contributed by atoms with van der Waals surface area (Å²) in [6, 6.07) is 14.5. The molecule has 0 amide bonds. The lowest BCUT2D eigenvalue weighted by Crippen LogP contribution is -2.08. The van der Waals surface area contributed by atoms with Crippen molar-refractivity contribution in [1.82, 2.24) is 0 Å². The molecule has 0 aromatic heterocycles. The number of hydrogen-bond acceptors (Lipinski definition) is 2. The van der Waals surface area contributed by atoms with Gasteiger partial charge in [0.1, 0.15) is 11.5 Å². The normalized spacial score (nSPS) is 12.5. The molecule has 2 nitrogen and oxygen atoms in total. The Balaban J connectivity index is 1.88. The van der Waals surface area contributed by atoms with Crippen LogP contribution in [0.15, 0.2) is 42.5 Å². The van der Waals surface area contributed by atoms with Crippen molar-refractivity contribution in [3.63, 3.8) is 0 Å². The van der Waals surface area contributed by atoms with E-state index in [1.54, 1.807) is 0 Å². The predicted molar refractivity (Wildman–Crippen MR) is 76.0 cm³/mol. The van der Waals surface area contributed by atoms with E-state index in [1.165, 1.54) is 16.7 Å². The first-order chi connectivity index (χ1) is 9.38. The molecule has 0 fully saturated rings. The highest BCUT2D eigenvalue weighted by atomic mass is 16.5. The zero-order valence-electron chi connectivity index (χ0n) is 11.2. The standard InChI is InChI=1S/C17H18O2/c1-2-18-11-10-13-7-5-9-17-15(13)12-14-6-3-4-8-16(14)19-17/h3-9H,2,10-12H2,1H3. The van der Waals surface area contributed by atoms with Gasteiger partial charge in [-0.2, -0.15) is 0 Å². The van der Waals surface area contributed by atoms with Crippen molar-refractivity contribution >= 4 is 0 Å². The summed E-state index contributed by atoms with van der Waals surface area (Å²) in [7, 11) is 0. The fourth-order valence-electron chi connectivity index (χ4n) is 2.53. The molecule has 2 aromatic rings. The van der Waals surface area contributed by atoms with E-state index in [0.717, 1.165) is 37.6 Å². The van der Waals surface area contributed by atoms with Crippen molar-refractivity contribution in [3.8, 4) is 11.5 Å². The van der Waals surface area contributed by atoms with Crippen molar-refractivity contribution in [3.05, 3.63) is 59.2 Å². The quantitative estimate of drug-likeness (QED) is 0.656. The number of fused-ring (bicyclic) bond motifs is 2. The molecule has 1 heterocycles. The Morgan fingerprint density at radius 2 is 1.89 bits per heavy atom. The minimum atomic E-state index is 0.772. The van der Waals surface area contributed by atoms with E-state index in [4.69, 9.17) is 9.47 Å². The third kappa shape index (κ3) is 2.49. The summed E-state index contributed by atoms with van der Waals surface area (Å²) in [5.41, 5.74) is 3.90. The zero-order chi connectivity index (χ0) is 13.1. The maximum absolute atomic E-state index is 5.98. The van der Waals surface area contributed by atoms with Gasteiger partial charge in [0.2, 0.25) is 0 Å². The zero-order valence-corrected chi connectivity index (χ0v) is 11.2. The fourth-order valence-corrected chi connectivity index (χ4v) is 2.53. The molecule has 0 bridgehead atoms. The number of para-hydroxylation sites is 1. The lowest BCUT2D eigenvalue weighted by Gasteiger charge is -2.22. The van der Waals surface area contributed by atoms with Crippen molar-refractivity contribution < 1.29 is 9.47 Å². The van der Waals surface area contributed by atoms with Gasteiger partial charge in [-0.3, -0.25) is 0 Å². The van der Waals surface area contributed by atoms with Crippen LogP contribution in [0.25, 0.3) is 0 Å². The number of rotatable bonds is 4. The molecule has 0 spiro atoms. The van der Waals surface area contributed by atoms with Crippen molar-refractivity contribution in [1.29, 1.82) is 0 Å². The van der Waals surface area contributed by atoms with Gasteiger partial charge in [-0.05, 0) is 36.6 Å². The summed E-state index contributed by atoms with van der Waals surface area (Å²) >= 11 is 0. The van der Waals surface area contributed by atoms with E-state index >= 15 is 0 Å². The van der Waals surface area contributed by atoms with Crippen LogP contribution in [0.4, 0.5) is 0 Å². The second-order valence-electron chi connectivity index (χ2n) is 4.73. The van der Waals surface area contributed by atoms with Crippen molar-refractivity contribution in [2.45, 2.75) is 19.8 Å². The van der Waals surface area contributed by atoms with Crippen LogP contribution in [-0.4, -0.2) is 13.2 Å². The molecule has 1 aliphatic rings. The smallest absolute Gasteiger partial charge is 0.131 e. The first-order valence-electron chi connectivity index (χ1n) is 6.82. The molecule has 0 aliphatic carbocycles. The Morgan fingerprint density at radius 3 is 2.79 bits per heavy atom. The van der Waals surface area contributed by atoms with E-state index in [9.17, 15) is 0 Å². The van der Waals surface area contributed by atoms with Crippen LogP contribution in [0.5, 0.6) is 11.5 Å². The SMILES string of the molecule is CCOCCc1cccc2c1Cc1ccccc1O2. The fraction of sp³-hybridized carbons (Fsp3) is 0.294. The summed E-state index contributed by atoms with van der Waals surface area (Å²) in [6.07, 6.45) is 1.90. The first kappa shape index (κ1) is 12.2. The van der Waals surface area contributed by atoms with Gasteiger partial charge in [-0.15, -0.1) is 0 Å². The average Bonchev–Trinajstić information content (AvgIpc) is 2.46. The first-order valence-corrected chi connectivity index (χ1v) is 6.82. The van der Waals surface area contributed by atoms with E-state index in [0.29, 0.717) is 0 Å². The average molecular weight is 254 g/mol. The Hall–Kier alpha value is -1.80. The second kappa shape index (κ2) is 5.45. The summed E-state index contributed by atoms with van der Waals surface area (Å²) in [6.45, 7) is 3.57. The Bertz CT molecular complexity index is 575. The third-order valence-electron chi connectivity index (χ3n) is 3.51. The molecule has 2 heteroatoms. The highest BCUT2D eigenvalue weighted by Gasteiger charge is 2.18. The van der Waals surface area contributed by atoms with Crippen LogP contribution < -0.4 is 4.74 Å². The molecule has 2 aromatic carbocycles. The van der Waals surface area contributed by atoms with Crippen LogP contribution in [0.2, 0.25) is 0 Å². The molecular formula is C17H18O2. The largest absolute Gasteiger partial charge is 0.457 e. The van der Waals surface area contributed by atoms with Gasteiger partial charge in [0.25, 0.3) is 0 Å². The topological polar surface area (TPSA) is 18.5 Å².